The van der Waals surface area contributed by atoms with Crippen LogP contribution in [0.25, 0.3) is 0 Å². The third-order valence-corrected chi connectivity index (χ3v) is 4.81. The summed E-state index contributed by atoms with van der Waals surface area (Å²) in [4.78, 5) is 0.823. The smallest absolute Gasteiger partial charge is 0.129 e. The van der Waals surface area contributed by atoms with Crippen molar-refractivity contribution in [1.29, 1.82) is 0 Å². The molecule has 0 N–H and O–H groups in total. The largest absolute Gasteiger partial charge is 0.207 e. The van der Waals surface area contributed by atoms with Gasteiger partial charge in [0.05, 0.1) is 9.16 Å². The van der Waals surface area contributed by atoms with Gasteiger partial charge in [0.1, 0.15) is 11.6 Å². The average molecular weight is 338 g/mol. The molecule has 2 rings (SSSR count). The normalized spacial score (nSPS) is 12.7. The van der Waals surface area contributed by atoms with Crippen LogP contribution in [0.3, 0.4) is 0 Å². The minimum Gasteiger partial charge on any atom is -0.207 e. The van der Waals surface area contributed by atoms with E-state index in [0.717, 1.165) is 4.88 Å². The van der Waals surface area contributed by atoms with E-state index >= 15 is 0 Å². The van der Waals surface area contributed by atoms with Gasteiger partial charge >= 0.3 is 0 Å². The molecular weight excluding hydrogens is 330 g/mol. The number of thiophene rings is 1. The summed E-state index contributed by atoms with van der Waals surface area (Å²) in [5.74, 6) is -1.03. The van der Waals surface area contributed by atoms with Crippen LogP contribution in [-0.2, 0) is 6.42 Å². The SMILES string of the molecule is Fc1cccc(F)c1CC(Br)c1ccc(Cl)s1. The molecule has 0 saturated carbocycles. The molecular formula is C12H8BrClF2S. The summed E-state index contributed by atoms with van der Waals surface area (Å²) in [6.45, 7) is 0. The fourth-order valence-corrected chi connectivity index (χ4v) is 3.30. The van der Waals surface area contributed by atoms with E-state index in [9.17, 15) is 8.78 Å². The van der Waals surface area contributed by atoms with Gasteiger partial charge in [-0.2, -0.15) is 0 Å². The maximum absolute atomic E-state index is 13.4. The van der Waals surface area contributed by atoms with Crippen LogP contribution in [-0.4, -0.2) is 0 Å². The van der Waals surface area contributed by atoms with E-state index in [2.05, 4.69) is 15.9 Å². The van der Waals surface area contributed by atoms with Crippen molar-refractivity contribution in [2.24, 2.45) is 0 Å². The molecule has 0 spiro atoms. The minimum absolute atomic E-state index is 0.0962. The molecule has 1 aromatic heterocycles. The third-order valence-electron chi connectivity index (χ3n) is 2.35. The highest BCUT2D eigenvalue weighted by atomic mass is 79.9. The quantitative estimate of drug-likeness (QED) is 0.662. The minimum atomic E-state index is -0.517. The summed E-state index contributed by atoms with van der Waals surface area (Å²) in [7, 11) is 0. The zero-order valence-corrected chi connectivity index (χ0v) is 11.7. The van der Waals surface area contributed by atoms with Gasteiger partial charge in [0.25, 0.3) is 0 Å². The molecule has 0 aliphatic rings. The van der Waals surface area contributed by atoms with Gasteiger partial charge in [0, 0.05) is 10.4 Å². The van der Waals surface area contributed by atoms with E-state index < -0.39 is 11.6 Å². The maximum atomic E-state index is 13.4. The lowest BCUT2D eigenvalue weighted by Crippen LogP contribution is -1.99. The highest BCUT2D eigenvalue weighted by Gasteiger charge is 2.16. The van der Waals surface area contributed by atoms with Gasteiger partial charge in [0.15, 0.2) is 0 Å². The van der Waals surface area contributed by atoms with Crippen LogP contribution in [0, 0.1) is 11.6 Å². The number of rotatable bonds is 3. The number of hydrogen-bond donors (Lipinski definition) is 0. The molecule has 1 unspecified atom stereocenters. The Kier molecular flexibility index (Phi) is 4.17. The van der Waals surface area contributed by atoms with Gasteiger partial charge in [-0.05, 0) is 30.7 Å². The van der Waals surface area contributed by atoms with Crippen LogP contribution in [0.15, 0.2) is 30.3 Å². The first-order valence-corrected chi connectivity index (χ1v) is 7.01. The molecule has 2 aromatic rings. The summed E-state index contributed by atoms with van der Waals surface area (Å²) in [6.07, 6.45) is 0.259. The van der Waals surface area contributed by atoms with Gasteiger partial charge < -0.3 is 0 Å². The van der Waals surface area contributed by atoms with Crippen molar-refractivity contribution in [3.63, 3.8) is 0 Å². The summed E-state index contributed by atoms with van der Waals surface area (Å²) in [6, 6.07) is 7.51. The van der Waals surface area contributed by atoms with Crippen LogP contribution in [0.4, 0.5) is 8.78 Å². The van der Waals surface area contributed by atoms with Crippen molar-refractivity contribution in [2.45, 2.75) is 11.2 Å². The van der Waals surface area contributed by atoms with E-state index in [-0.39, 0.29) is 16.8 Å². The highest BCUT2D eigenvalue weighted by Crippen LogP contribution is 2.35. The number of halogens is 4. The first-order chi connectivity index (χ1) is 8.08. The lowest BCUT2D eigenvalue weighted by atomic mass is 10.1. The first-order valence-electron chi connectivity index (χ1n) is 4.90. The van der Waals surface area contributed by atoms with E-state index in [1.54, 1.807) is 6.07 Å². The van der Waals surface area contributed by atoms with Crippen molar-refractivity contribution < 1.29 is 8.78 Å². The predicted molar refractivity (Wildman–Crippen MR) is 71.1 cm³/mol. The Balaban J connectivity index is 2.21. The second-order valence-electron chi connectivity index (χ2n) is 3.51. The van der Waals surface area contributed by atoms with Crippen LogP contribution in [0.1, 0.15) is 15.3 Å². The molecule has 1 aromatic carbocycles. The molecule has 0 bridgehead atoms. The van der Waals surface area contributed by atoms with Crippen molar-refractivity contribution in [3.8, 4) is 0 Å². The van der Waals surface area contributed by atoms with Crippen molar-refractivity contribution in [3.05, 3.63) is 56.7 Å². The molecule has 1 heterocycles. The molecule has 17 heavy (non-hydrogen) atoms. The van der Waals surface area contributed by atoms with E-state index in [1.807, 2.05) is 6.07 Å². The third kappa shape index (κ3) is 3.06. The van der Waals surface area contributed by atoms with Crippen molar-refractivity contribution in [2.75, 3.05) is 0 Å². The van der Waals surface area contributed by atoms with Gasteiger partial charge in [-0.15, -0.1) is 11.3 Å². The van der Waals surface area contributed by atoms with Crippen LogP contribution in [0.2, 0.25) is 4.34 Å². The highest BCUT2D eigenvalue weighted by molar-refractivity contribution is 9.09. The molecule has 0 fully saturated rings. The monoisotopic (exact) mass is 336 g/mol. The lowest BCUT2D eigenvalue weighted by Gasteiger charge is -2.09. The number of hydrogen-bond acceptors (Lipinski definition) is 1. The molecule has 90 valence electrons. The maximum Gasteiger partial charge on any atom is 0.129 e. The zero-order valence-electron chi connectivity index (χ0n) is 8.59. The molecule has 0 aliphatic carbocycles. The Labute approximate surface area is 115 Å². The Morgan fingerprint density at radius 2 is 1.82 bits per heavy atom. The fourth-order valence-electron chi connectivity index (χ4n) is 1.50. The Bertz CT molecular complexity index is 507. The Morgan fingerprint density at radius 3 is 2.35 bits per heavy atom. The van der Waals surface area contributed by atoms with Crippen molar-refractivity contribution in [1.82, 2.24) is 0 Å². The summed E-state index contributed by atoms with van der Waals surface area (Å²) in [5, 5.41) is 0. The van der Waals surface area contributed by atoms with E-state index in [1.165, 1.54) is 29.5 Å². The van der Waals surface area contributed by atoms with Gasteiger partial charge in [0.2, 0.25) is 0 Å². The number of alkyl halides is 1. The molecule has 0 nitrogen and oxygen atoms in total. The summed E-state index contributed by atoms with van der Waals surface area (Å²) >= 11 is 10.6. The fraction of sp³-hybridized carbons (Fsp3) is 0.167. The van der Waals surface area contributed by atoms with Crippen LogP contribution >= 0.6 is 38.9 Å². The van der Waals surface area contributed by atoms with Crippen LogP contribution in [0.5, 0.6) is 0 Å². The topological polar surface area (TPSA) is 0 Å². The molecule has 0 amide bonds. The predicted octanol–water partition coefficient (Wildman–Crippen LogP) is 5.36. The molecule has 0 radical (unpaired) electrons. The summed E-state index contributed by atoms with van der Waals surface area (Å²) < 4.78 is 27.6. The first kappa shape index (κ1) is 13.0. The average Bonchev–Trinajstić information content (AvgIpc) is 2.70. The summed E-state index contributed by atoms with van der Waals surface area (Å²) in [5.41, 5.74) is 0.0962. The molecule has 0 saturated heterocycles. The molecule has 5 heteroatoms. The van der Waals surface area contributed by atoms with E-state index in [0.29, 0.717) is 4.34 Å². The standard InChI is InChI=1S/C12H8BrClF2S/c13-8(11-4-5-12(14)17-11)6-7-9(15)2-1-3-10(7)16/h1-5,8H,6H2. The second kappa shape index (κ2) is 5.46. The van der Waals surface area contributed by atoms with Crippen LogP contribution < -0.4 is 0 Å². The van der Waals surface area contributed by atoms with Gasteiger partial charge in [-0.3, -0.25) is 0 Å². The second-order valence-corrected chi connectivity index (χ2v) is 6.37. The molecule has 0 aliphatic heterocycles. The van der Waals surface area contributed by atoms with Crippen molar-refractivity contribution >= 4 is 38.9 Å². The van der Waals surface area contributed by atoms with Gasteiger partial charge in [-0.1, -0.05) is 33.6 Å². The lowest BCUT2D eigenvalue weighted by molar-refractivity contribution is 0.554. The van der Waals surface area contributed by atoms with E-state index in [4.69, 9.17) is 11.6 Å². The van der Waals surface area contributed by atoms with Gasteiger partial charge in [-0.25, -0.2) is 8.78 Å². The number of benzene rings is 1. The zero-order chi connectivity index (χ0) is 12.4. The molecule has 1 atom stereocenters. The Morgan fingerprint density at radius 1 is 1.18 bits per heavy atom. The Hall–Kier alpha value is -0.450.